The van der Waals surface area contributed by atoms with E-state index in [1.807, 2.05) is 0 Å². The Morgan fingerprint density at radius 3 is 2.26 bits per heavy atom. The summed E-state index contributed by atoms with van der Waals surface area (Å²) in [5.74, 6) is -0.622. The molecule has 0 N–H and O–H groups in total. The topological polar surface area (TPSA) is 34.1 Å². The average molecular weight is 264 g/mol. The zero-order valence-corrected chi connectivity index (χ0v) is 11.5. The smallest absolute Gasteiger partial charge is 0.170 e. The van der Waals surface area contributed by atoms with Gasteiger partial charge in [-0.3, -0.25) is 9.59 Å². The van der Waals surface area contributed by atoms with Crippen LogP contribution in [0.5, 0.6) is 0 Å². The molecular formula is C16H21FO2. The largest absolute Gasteiger partial charge is 0.299 e. The van der Waals surface area contributed by atoms with Crippen molar-refractivity contribution in [3.63, 3.8) is 0 Å². The molecule has 1 aromatic rings. The van der Waals surface area contributed by atoms with Gasteiger partial charge in [0.1, 0.15) is 11.6 Å². The van der Waals surface area contributed by atoms with Crippen LogP contribution in [0.4, 0.5) is 4.39 Å². The van der Waals surface area contributed by atoms with Crippen LogP contribution >= 0.6 is 0 Å². The highest BCUT2D eigenvalue weighted by Gasteiger charge is 2.11. The van der Waals surface area contributed by atoms with Crippen LogP contribution < -0.4 is 0 Å². The van der Waals surface area contributed by atoms with Gasteiger partial charge in [0.15, 0.2) is 5.78 Å². The van der Waals surface area contributed by atoms with E-state index in [4.69, 9.17) is 0 Å². The third-order valence-corrected chi connectivity index (χ3v) is 3.08. The van der Waals surface area contributed by atoms with Crippen LogP contribution in [0.1, 0.15) is 62.2 Å². The first-order valence-electron chi connectivity index (χ1n) is 6.94. The van der Waals surface area contributed by atoms with Crippen molar-refractivity contribution >= 4 is 11.6 Å². The predicted octanol–water partition coefficient (Wildman–Crippen LogP) is 4.33. The maximum absolute atomic E-state index is 12.7. The standard InChI is InChI=1S/C16H21FO2/c1-2-3-4-5-6-7-15(18)12-16(19)13-8-10-14(17)11-9-13/h8-11H,2-7,12H2,1H3. The molecular weight excluding hydrogens is 243 g/mol. The Morgan fingerprint density at radius 2 is 1.63 bits per heavy atom. The number of unbranched alkanes of at least 4 members (excludes halogenated alkanes) is 4. The first-order chi connectivity index (χ1) is 9.13. The van der Waals surface area contributed by atoms with Gasteiger partial charge in [0, 0.05) is 12.0 Å². The van der Waals surface area contributed by atoms with E-state index in [-0.39, 0.29) is 23.8 Å². The van der Waals surface area contributed by atoms with Crippen molar-refractivity contribution in [2.45, 2.75) is 51.9 Å². The van der Waals surface area contributed by atoms with Crippen LogP contribution in [0.15, 0.2) is 24.3 Å². The van der Waals surface area contributed by atoms with E-state index in [2.05, 4.69) is 6.92 Å². The summed E-state index contributed by atoms with van der Waals surface area (Å²) in [5, 5.41) is 0. The first kappa shape index (κ1) is 15.5. The summed E-state index contributed by atoms with van der Waals surface area (Å²) in [4.78, 5) is 23.4. The van der Waals surface area contributed by atoms with Crippen molar-refractivity contribution in [1.82, 2.24) is 0 Å². The molecule has 0 radical (unpaired) electrons. The molecule has 0 heterocycles. The van der Waals surface area contributed by atoms with E-state index < -0.39 is 0 Å². The van der Waals surface area contributed by atoms with Crippen LogP contribution in [0.2, 0.25) is 0 Å². The lowest BCUT2D eigenvalue weighted by Crippen LogP contribution is -2.08. The Bertz CT molecular complexity index is 409. The molecule has 0 aliphatic rings. The lowest BCUT2D eigenvalue weighted by Gasteiger charge is -2.02. The highest BCUT2D eigenvalue weighted by molar-refractivity contribution is 6.07. The summed E-state index contributed by atoms with van der Waals surface area (Å²) in [5.41, 5.74) is 0.403. The van der Waals surface area contributed by atoms with Crippen LogP contribution in [0.3, 0.4) is 0 Å². The van der Waals surface area contributed by atoms with Gasteiger partial charge in [0.25, 0.3) is 0 Å². The molecule has 0 saturated carbocycles. The fourth-order valence-corrected chi connectivity index (χ4v) is 1.93. The minimum atomic E-state index is -0.376. The third-order valence-electron chi connectivity index (χ3n) is 3.08. The summed E-state index contributed by atoms with van der Waals surface area (Å²) < 4.78 is 12.7. The Balaban J connectivity index is 2.28. The monoisotopic (exact) mass is 264 g/mol. The van der Waals surface area contributed by atoms with E-state index >= 15 is 0 Å². The maximum Gasteiger partial charge on any atom is 0.170 e. The predicted molar refractivity (Wildman–Crippen MR) is 73.7 cm³/mol. The molecule has 0 unspecified atom stereocenters. The Morgan fingerprint density at radius 1 is 1.00 bits per heavy atom. The van der Waals surface area contributed by atoms with Crippen molar-refractivity contribution in [1.29, 1.82) is 0 Å². The number of carbonyl (C=O) groups excluding carboxylic acids is 2. The average Bonchev–Trinajstić information content (AvgIpc) is 2.39. The van der Waals surface area contributed by atoms with Crippen molar-refractivity contribution in [2.75, 3.05) is 0 Å². The van der Waals surface area contributed by atoms with Gasteiger partial charge in [-0.05, 0) is 30.7 Å². The number of hydrogen-bond acceptors (Lipinski definition) is 2. The molecule has 0 fully saturated rings. The minimum Gasteiger partial charge on any atom is -0.299 e. The molecule has 0 atom stereocenters. The van der Waals surface area contributed by atoms with E-state index in [9.17, 15) is 14.0 Å². The van der Waals surface area contributed by atoms with Crippen molar-refractivity contribution in [3.05, 3.63) is 35.6 Å². The van der Waals surface area contributed by atoms with Gasteiger partial charge in [-0.15, -0.1) is 0 Å². The molecule has 1 aromatic carbocycles. The van der Waals surface area contributed by atoms with Gasteiger partial charge in [-0.1, -0.05) is 32.6 Å². The summed E-state index contributed by atoms with van der Waals surface area (Å²) in [6.45, 7) is 2.15. The molecule has 1 rings (SSSR count). The number of Topliss-reactive ketones (excluding diaryl/α,β-unsaturated/α-hetero) is 2. The highest BCUT2D eigenvalue weighted by Crippen LogP contribution is 2.10. The molecule has 104 valence electrons. The van der Waals surface area contributed by atoms with E-state index in [1.54, 1.807) is 0 Å². The molecule has 0 aromatic heterocycles. The van der Waals surface area contributed by atoms with Crippen molar-refractivity contribution < 1.29 is 14.0 Å². The van der Waals surface area contributed by atoms with E-state index in [0.717, 1.165) is 19.3 Å². The summed E-state index contributed by atoms with van der Waals surface area (Å²) in [7, 11) is 0. The van der Waals surface area contributed by atoms with Crippen LogP contribution in [0, 0.1) is 5.82 Å². The molecule has 0 spiro atoms. The van der Waals surface area contributed by atoms with Crippen LogP contribution in [0.25, 0.3) is 0 Å². The normalized spacial score (nSPS) is 10.4. The number of rotatable bonds is 9. The second-order valence-corrected chi connectivity index (χ2v) is 4.81. The van der Waals surface area contributed by atoms with Gasteiger partial charge in [0.05, 0.1) is 6.42 Å². The lowest BCUT2D eigenvalue weighted by atomic mass is 10.0. The molecule has 19 heavy (non-hydrogen) atoms. The number of ketones is 2. The quantitative estimate of drug-likeness (QED) is 0.378. The molecule has 0 aliphatic heterocycles. The summed E-state index contributed by atoms with van der Waals surface area (Å²) in [6, 6.07) is 5.32. The first-order valence-corrected chi connectivity index (χ1v) is 6.94. The van der Waals surface area contributed by atoms with Gasteiger partial charge in [-0.2, -0.15) is 0 Å². The Labute approximate surface area is 114 Å². The fourth-order valence-electron chi connectivity index (χ4n) is 1.93. The number of hydrogen-bond donors (Lipinski definition) is 0. The third kappa shape index (κ3) is 6.27. The second-order valence-electron chi connectivity index (χ2n) is 4.81. The van der Waals surface area contributed by atoms with Crippen molar-refractivity contribution in [2.24, 2.45) is 0 Å². The molecule has 0 aliphatic carbocycles. The number of benzene rings is 1. The van der Waals surface area contributed by atoms with Gasteiger partial charge < -0.3 is 0 Å². The summed E-state index contributed by atoms with van der Waals surface area (Å²) in [6.07, 6.45) is 5.82. The lowest BCUT2D eigenvalue weighted by molar-refractivity contribution is -0.118. The van der Waals surface area contributed by atoms with Gasteiger partial charge >= 0.3 is 0 Å². The van der Waals surface area contributed by atoms with Crippen molar-refractivity contribution in [3.8, 4) is 0 Å². The zero-order chi connectivity index (χ0) is 14.1. The molecule has 0 bridgehead atoms. The minimum absolute atomic E-state index is 0.0224. The molecule has 3 heteroatoms. The molecule has 0 amide bonds. The Kier molecular flexibility index (Phi) is 7.01. The fraction of sp³-hybridized carbons (Fsp3) is 0.500. The van der Waals surface area contributed by atoms with Crippen LogP contribution in [-0.4, -0.2) is 11.6 Å². The zero-order valence-electron chi connectivity index (χ0n) is 11.5. The maximum atomic E-state index is 12.7. The number of carbonyl (C=O) groups is 2. The van der Waals surface area contributed by atoms with Gasteiger partial charge in [-0.25, -0.2) is 4.39 Å². The molecule has 0 saturated heterocycles. The van der Waals surface area contributed by atoms with Gasteiger partial charge in [0.2, 0.25) is 0 Å². The van der Waals surface area contributed by atoms with E-state index in [0.29, 0.717) is 12.0 Å². The molecule has 2 nitrogen and oxygen atoms in total. The number of halogens is 1. The second kappa shape index (κ2) is 8.57. The summed E-state index contributed by atoms with van der Waals surface area (Å²) >= 11 is 0. The van der Waals surface area contributed by atoms with E-state index in [1.165, 1.54) is 37.1 Å². The highest BCUT2D eigenvalue weighted by atomic mass is 19.1. The SMILES string of the molecule is CCCCCCCC(=O)CC(=O)c1ccc(F)cc1. The van der Waals surface area contributed by atoms with Crippen LogP contribution in [-0.2, 0) is 4.79 Å². The Hall–Kier alpha value is -1.51.